The van der Waals surface area contributed by atoms with E-state index >= 15 is 0 Å². The zero-order valence-corrected chi connectivity index (χ0v) is 20.8. The molecule has 10 heteroatoms. The third kappa shape index (κ3) is 4.79. The fraction of sp³-hybridized carbons (Fsp3) is 0.308. The first-order valence-electron chi connectivity index (χ1n) is 11.9. The minimum atomic E-state index is -0.209. The molecular weight excluding hydrogens is 478 g/mol. The summed E-state index contributed by atoms with van der Waals surface area (Å²) >= 11 is 6.72. The molecule has 4 aromatic rings. The van der Waals surface area contributed by atoms with Crippen LogP contribution in [0.5, 0.6) is 0 Å². The number of hydrogen-bond donors (Lipinski definition) is 2. The summed E-state index contributed by atoms with van der Waals surface area (Å²) in [6.07, 6.45) is 6.24. The van der Waals surface area contributed by atoms with Gasteiger partial charge in [0.25, 0.3) is 5.56 Å². The van der Waals surface area contributed by atoms with E-state index in [9.17, 15) is 9.59 Å². The van der Waals surface area contributed by atoms with Crippen molar-refractivity contribution in [3.63, 3.8) is 0 Å². The molecule has 4 heterocycles. The van der Waals surface area contributed by atoms with Crippen LogP contribution in [0.1, 0.15) is 25.5 Å². The fourth-order valence-corrected chi connectivity index (χ4v) is 4.81. The smallest absolute Gasteiger partial charge is 0.260 e. The predicted octanol–water partition coefficient (Wildman–Crippen LogP) is 3.84. The molecule has 0 spiro atoms. The predicted molar refractivity (Wildman–Crippen MR) is 140 cm³/mol. The van der Waals surface area contributed by atoms with Gasteiger partial charge in [0.05, 0.1) is 17.6 Å². The first-order chi connectivity index (χ1) is 17.4. The van der Waals surface area contributed by atoms with Gasteiger partial charge in [-0.25, -0.2) is 9.97 Å². The highest BCUT2D eigenvalue weighted by molar-refractivity contribution is 6.33. The minimum Gasteiger partial charge on any atom is -0.356 e. The van der Waals surface area contributed by atoms with Gasteiger partial charge in [-0.15, -0.1) is 0 Å². The maximum absolute atomic E-state index is 13.9. The molecule has 1 fully saturated rings. The molecule has 5 rings (SSSR count). The molecule has 1 amide bonds. The van der Waals surface area contributed by atoms with Crippen LogP contribution >= 0.6 is 11.6 Å². The molecule has 1 unspecified atom stereocenters. The molecule has 184 valence electrons. The Morgan fingerprint density at radius 3 is 2.75 bits per heavy atom. The fourth-order valence-electron chi connectivity index (χ4n) is 4.53. The number of pyridine rings is 1. The van der Waals surface area contributed by atoms with Crippen LogP contribution in [0.4, 0.5) is 5.95 Å². The Balaban J connectivity index is 1.63. The molecule has 1 saturated heterocycles. The Bertz CT molecular complexity index is 1520. The lowest BCUT2D eigenvalue weighted by atomic mass is 9.97. The van der Waals surface area contributed by atoms with Crippen LogP contribution < -0.4 is 16.2 Å². The van der Waals surface area contributed by atoms with Gasteiger partial charge in [-0.2, -0.15) is 4.98 Å². The van der Waals surface area contributed by atoms with E-state index in [1.807, 2.05) is 26.0 Å². The summed E-state index contributed by atoms with van der Waals surface area (Å²) < 4.78 is 1.66. The van der Waals surface area contributed by atoms with Gasteiger partial charge < -0.3 is 10.6 Å². The van der Waals surface area contributed by atoms with Gasteiger partial charge in [0.1, 0.15) is 5.65 Å². The summed E-state index contributed by atoms with van der Waals surface area (Å²) in [7, 11) is 0. The van der Waals surface area contributed by atoms with Crippen molar-refractivity contribution in [2.75, 3.05) is 18.4 Å². The topological polar surface area (TPSA) is 115 Å². The lowest BCUT2D eigenvalue weighted by Gasteiger charge is -2.24. The Hall–Kier alpha value is -3.85. The molecule has 2 N–H and O–H groups in total. The van der Waals surface area contributed by atoms with Gasteiger partial charge >= 0.3 is 0 Å². The maximum Gasteiger partial charge on any atom is 0.260 e. The van der Waals surface area contributed by atoms with Gasteiger partial charge in [0, 0.05) is 65.5 Å². The summed E-state index contributed by atoms with van der Waals surface area (Å²) in [5.41, 5.74) is 3.71. The second-order valence-corrected chi connectivity index (χ2v) is 9.33. The van der Waals surface area contributed by atoms with Crippen LogP contribution in [0, 0.1) is 12.8 Å². The molecule has 0 radical (unpaired) electrons. The maximum atomic E-state index is 13.9. The van der Waals surface area contributed by atoms with Crippen molar-refractivity contribution < 1.29 is 4.79 Å². The highest BCUT2D eigenvalue weighted by Gasteiger charge is 2.23. The molecular formula is C26H26ClN7O2. The quantitative estimate of drug-likeness (QED) is 0.411. The zero-order chi connectivity index (χ0) is 25.2. The van der Waals surface area contributed by atoms with Crippen LogP contribution in [-0.4, -0.2) is 43.5 Å². The van der Waals surface area contributed by atoms with Crippen LogP contribution in [0.2, 0.25) is 5.02 Å². The van der Waals surface area contributed by atoms with E-state index in [1.165, 1.54) is 0 Å². The number of halogens is 1. The molecule has 0 saturated carbocycles. The van der Waals surface area contributed by atoms with E-state index in [-0.39, 0.29) is 17.4 Å². The number of anilines is 1. The van der Waals surface area contributed by atoms with E-state index in [1.54, 1.807) is 35.3 Å². The van der Waals surface area contributed by atoms with Crippen LogP contribution in [0.3, 0.4) is 0 Å². The molecule has 36 heavy (non-hydrogen) atoms. The third-order valence-corrected chi connectivity index (χ3v) is 6.57. The first kappa shape index (κ1) is 23.9. The van der Waals surface area contributed by atoms with E-state index in [0.29, 0.717) is 59.5 Å². The summed E-state index contributed by atoms with van der Waals surface area (Å²) in [5.74, 6) is 0.486. The average molecular weight is 504 g/mol. The zero-order valence-electron chi connectivity index (χ0n) is 20.1. The van der Waals surface area contributed by atoms with E-state index in [2.05, 4.69) is 30.6 Å². The molecule has 1 aromatic carbocycles. The summed E-state index contributed by atoms with van der Waals surface area (Å²) in [6, 6.07) is 7.29. The number of fused-ring (bicyclic) bond motifs is 1. The number of amides is 1. The van der Waals surface area contributed by atoms with Crippen molar-refractivity contribution in [2.24, 2.45) is 5.92 Å². The number of nitrogens with zero attached hydrogens (tertiary/aromatic N) is 5. The first-order valence-corrected chi connectivity index (χ1v) is 12.3. The van der Waals surface area contributed by atoms with Crippen molar-refractivity contribution >= 4 is 34.5 Å². The number of rotatable bonds is 6. The molecule has 0 bridgehead atoms. The van der Waals surface area contributed by atoms with Crippen molar-refractivity contribution in [2.45, 2.75) is 33.2 Å². The number of aryl methyl sites for hydroxylation is 1. The molecule has 1 aliphatic heterocycles. The van der Waals surface area contributed by atoms with Crippen molar-refractivity contribution in [3.05, 3.63) is 63.9 Å². The second kappa shape index (κ2) is 10.0. The number of piperidine rings is 1. The molecule has 1 aliphatic rings. The van der Waals surface area contributed by atoms with Gasteiger partial charge in [-0.3, -0.25) is 19.1 Å². The molecule has 1 atom stereocenters. The Kier molecular flexibility index (Phi) is 6.65. The second-order valence-electron chi connectivity index (χ2n) is 8.93. The number of aromatic nitrogens is 5. The number of carbonyl (C=O) groups is 1. The third-order valence-electron chi connectivity index (χ3n) is 6.26. The van der Waals surface area contributed by atoms with Crippen molar-refractivity contribution in [1.29, 1.82) is 0 Å². The van der Waals surface area contributed by atoms with E-state index in [0.717, 1.165) is 23.1 Å². The van der Waals surface area contributed by atoms with Gasteiger partial charge in [-0.05, 0) is 38.3 Å². The largest absolute Gasteiger partial charge is 0.356 e. The van der Waals surface area contributed by atoms with Crippen LogP contribution in [0.25, 0.3) is 33.4 Å². The normalized spacial score (nSPS) is 15.6. The number of nitrogens with one attached hydrogen (secondary N) is 2. The summed E-state index contributed by atoms with van der Waals surface area (Å²) in [5, 5.41) is 7.11. The standard InChI is InChI=1S/C26H26ClN7O2/c1-3-29-26-31-12-18-9-20(19-5-4-17(10-21(19)27)22-13-28-11-15(2)32-22)25(36)34(24(18)33-26)14-16-6-7-30-23(35)8-16/h4-5,9-13,16H,3,6-8,14H2,1-2H3,(H,30,35)(H,29,31,33). The lowest BCUT2D eigenvalue weighted by Crippen LogP contribution is -2.37. The molecule has 9 nitrogen and oxygen atoms in total. The molecule has 0 aliphatic carbocycles. The van der Waals surface area contributed by atoms with E-state index in [4.69, 9.17) is 11.6 Å². The number of hydrogen-bond acceptors (Lipinski definition) is 7. The van der Waals surface area contributed by atoms with Crippen LogP contribution in [-0.2, 0) is 11.3 Å². The van der Waals surface area contributed by atoms with Crippen molar-refractivity contribution in [3.8, 4) is 22.4 Å². The highest BCUT2D eigenvalue weighted by Crippen LogP contribution is 2.32. The lowest BCUT2D eigenvalue weighted by molar-refractivity contribution is -0.123. The average Bonchev–Trinajstić information content (AvgIpc) is 2.86. The molecule has 3 aromatic heterocycles. The van der Waals surface area contributed by atoms with E-state index < -0.39 is 0 Å². The summed E-state index contributed by atoms with van der Waals surface area (Å²) in [4.78, 5) is 43.6. The van der Waals surface area contributed by atoms with Crippen LogP contribution in [0.15, 0.2) is 47.7 Å². The van der Waals surface area contributed by atoms with Gasteiger partial charge in [0.15, 0.2) is 0 Å². The monoisotopic (exact) mass is 503 g/mol. The van der Waals surface area contributed by atoms with Gasteiger partial charge in [0.2, 0.25) is 11.9 Å². The Morgan fingerprint density at radius 1 is 1.14 bits per heavy atom. The summed E-state index contributed by atoms with van der Waals surface area (Å²) in [6.45, 7) is 5.47. The number of carbonyl (C=O) groups excluding carboxylic acids is 1. The number of benzene rings is 1. The SMILES string of the molecule is CCNc1ncc2cc(-c3ccc(-c4cncc(C)n4)cc3Cl)c(=O)n(CC3CCNC(=O)C3)c2n1. The Labute approximate surface area is 213 Å². The highest BCUT2D eigenvalue weighted by atomic mass is 35.5. The van der Waals surface area contributed by atoms with Crippen molar-refractivity contribution in [1.82, 2.24) is 29.8 Å². The Morgan fingerprint density at radius 2 is 2.00 bits per heavy atom. The van der Waals surface area contributed by atoms with Gasteiger partial charge in [-0.1, -0.05) is 23.7 Å². The minimum absolute atomic E-state index is 0.000560.